The van der Waals surface area contributed by atoms with Crippen molar-refractivity contribution in [3.05, 3.63) is 35.9 Å². The van der Waals surface area contributed by atoms with E-state index in [1.807, 2.05) is 30.3 Å². The Bertz CT molecular complexity index is 488. The lowest BCUT2D eigenvalue weighted by molar-refractivity contribution is -0.137. The van der Waals surface area contributed by atoms with Gasteiger partial charge < -0.3 is 10.0 Å². The number of carboxylic acid groups (broad SMARTS) is 1. The Kier molecular flexibility index (Phi) is 6.94. The van der Waals surface area contributed by atoms with Crippen LogP contribution in [0.15, 0.2) is 30.3 Å². The van der Waals surface area contributed by atoms with Crippen molar-refractivity contribution in [1.29, 1.82) is 0 Å². The van der Waals surface area contributed by atoms with E-state index in [0.29, 0.717) is 19.4 Å². The minimum absolute atomic E-state index is 0.0368. The SMILES string of the molecule is CN(Cc1ccccc1)C(=O)NC(=O)CCCCC(=O)O. The number of unbranched alkanes of at least 4 members (excludes halogenated alkanes) is 1. The van der Waals surface area contributed by atoms with Crippen molar-refractivity contribution < 1.29 is 19.5 Å². The molecule has 0 heterocycles. The summed E-state index contributed by atoms with van der Waals surface area (Å²) >= 11 is 0. The molecule has 0 atom stereocenters. The summed E-state index contributed by atoms with van der Waals surface area (Å²) in [6.07, 6.45) is 1.07. The molecular formula is C15H20N2O4. The Morgan fingerprint density at radius 1 is 1.10 bits per heavy atom. The first-order chi connectivity index (χ1) is 9.99. The largest absolute Gasteiger partial charge is 0.481 e. The van der Waals surface area contributed by atoms with Crippen LogP contribution in [-0.4, -0.2) is 35.0 Å². The van der Waals surface area contributed by atoms with Crippen LogP contribution in [0.25, 0.3) is 0 Å². The molecule has 0 saturated heterocycles. The first-order valence-corrected chi connectivity index (χ1v) is 6.79. The Morgan fingerprint density at radius 3 is 2.33 bits per heavy atom. The van der Waals surface area contributed by atoms with Crippen LogP contribution >= 0.6 is 0 Å². The summed E-state index contributed by atoms with van der Waals surface area (Å²) in [5.74, 6) is -1.26. The summed E-state index contributed by atoms with van der Waals surface area (Å²) < 4.78 is 0. The van der Waals surface area contributed by atoms with Gasteiger partial charge in [-0.15, -0.1) is 0 Å². The molecule has 1 rings (SSSR count). The van der Waals surface area contributed by atoms with Gasteiger partial charge >= 0.3 is 12.0 Å². The Labute approximate surface area is 123 Å². The van der Waals surface area contributed by atoms with Crippen molar-refractivity contribution in [2.45, 2.75) is 32.2 Å². The van der Waals surface area contributed by atoms with Crippen LogP contribution in [-0.2, 0) is 16.1 Å². The number of urea groups is 1. The number of carboxylic acids is 1. The minimum atomic E-state index is -0.880. The summed E-state index contributed by atoms with van der Waals surface area (Å²) in [5, 5.41) is 10.8. The third-order valence-electron chi connectivity index (χ3n) is 2.90. The molecule has 0 bridgehead atoms. The molecule has 114 valence electrons. The van der Waals surface area contributed by atoms with Gasteiger partial charge in [-0.05, 0) is 18.4 Å². The van der Waals surface area contributed by atoms with Crippen molar-refractivity contribution >= 4 is 17.9 Å². The lowest BCUT2D eigenvalue weighted by atomic mass is 10.2. The van der Waals surface area contributed by atoms with E-state index in [9.17, 15) is 14.4 Å². The van der Waals surface area contributed by atoms with Gasteiger partial charge in [-0.2, -0.15) is 0 Å². The normalized spacial score (nSPS) is 9.95. The third kappa shape index (κ3) is 7.10. The molecule has 0 aliphatic rings. The monoisotopic (exact) mass is 292 g/mol. The number of benzene rings is 1. The lowest BCUT2D eigenvalue weighted by Crippen LogP contribution is -2.40. The molecule has 1 aromatic carbocycles. The van der Waals surface area contributed by atoms with Gasteiger partial charge in [0.25, 0.3) is 0 Å². The van der Waals surface area contributed by atoms with Gasteiger partial charge in [-0.1, -0.05) is 30.3 Å². The second kappa shape index (κ2) is 8.73. The summed E-state index contributed by atoms with van der Waals surface area (Å²) in [6.45, 7) is 0.416. The maximum absolute atomic E-state index is 11.8. The zero-order valence-corrected chi connectivity index (χ0v) is 12.0. The Hall–Kier alpha value is -2.37. The zero-order valence-electron chi connectivity index (χ0n) is 12.0. The first-order valence-electron chi connectivity index (χ1n) is 6.79. The van der Waals surface area contributed by atoms with Crippen LogP contribution in [0.3, 0.4) is 0 Å². The van der Waals surface area contributed by atoms with Crippen LogP contribution in [0.5, 0.6) is 0 Å². The average Bonchev–Trinajstić information content (AvgIpc) is 2.44. The Balaban J connectivity index is 2.28. The van der Waals surface area contributed by atoms with Crippen LogP contribution < -0.4 is 5.32 Å². The highest BCUT2D eigenvalue weighted by molar-refractivity contribution is 5.94. The number of carbonyl (C=O) groups is 3. The number of aliphatic carboxylic acids is 1. The summed E-state index contributed by atoms with van der Waals surface area (Å²) in [6, 6.07) is 9.00. The maximum atomic E-state index is 11.8. The molecule has 0 aromatic heterocycles. The highest BCUT2D eigenvalue weighted by Gasteiger charge is 2.12. The predicted octanol–water partition coefficient (Wildman–Crippen LogP) is 2.00. The number of hydrogen-bond donors (Lipinski definition) is 2. The molecule has 0 unspecified atom stereocenters. The van der Waals surface area contributed by atoms with Gasteiger partial charge in [0, 0.05) is 26.4 Å². The van der Waals surface area contributed by atoms with Crippen molar-refractivity contribution in [3.8, 4) is 0 Å². The van der Waals surface area contributed by atoms with Gasteiger partial charge in [0.1, 0.15) is 0 Å². The van der Waals surface area contributed by atoms with Gasteiger partial charge in [-0.25, -0.2) is 4.79 Å². The molecule has 6 heteroatoms. The number of hydrogen-bond acceptors (Lipinski definition) is 3. The average molecular weight is 292 g/mol. The van der Waals surface area contributed by atoms with E-state index in [4.69, 9.17) is 5.11 Å². The standard InChI is InChI=1S/C15H20N2O4/c1-17(11-12-7-3-2-4-8-12)15(21)16-13(18)9-5-6-10-14(19)20/h2-4,7-8H,5-6,9-11H2,1H3,(H,19,20)(H,16,18,21). The second-order valence-electron chi connectivity index (χ2n) is 4.80. The zero-order chi connectivity index (χ0) is 15.7. The molecule has 0 fully saturated rings. The highest BCUT2D eigenvalue weighted by atomic mass is 16.4. The van der Waals surface area contributed by atoms with Crippen molar-refractivity contribution in [2.75, 3.05) is 7.05 Å². The number of carbonyl (C=O) groups excluding carboxylic acids is 2. The van der Waals surface area contributed by atoms with Crippen molar-refractivity contribution in [1.82, 2.24) is 10.2 Å². The van der Waals surface area contributed by atoms with Gasteiger partial charge in [0.2, 0.25) is 5.91 Å². The number of nitrogens with zero attached hydrogens (tertiary/aromatic N) is 1. The van der Waals surface area contributed by atoms with Gasteiger partial charge in [-0.3, -0.25) is 14.9 Å². The molecule has 1 aromatic rings. The smallest absolute Gasteiger partial charge is 0.324 e. The molecule has 21 heavy (non-hydrogen) atoms. The molecule has 0 aliphatic heterocycles. The van der Waals surface area contributed by atoms with E-state index in [-0.39, 0.29) is 18.7 Å². The van der Waals surface area contributed by atoms with E-state index in [2.05, 4.69) is 5.32 Å². The summed E-state index contributed by atoms with van der Waals surface area (Å²) in [4.78, 5) is 35.1. The number of nitrogens with one attached hydrogen (secondary N) is 1. The molecule has 0 spiro atoms. The fourth-order valence-electron chi connectivity index (χ4n) is 1.77. The van der Waals surface area contributed by atoms with Gasteiger partial charge in [0.05, 0.1) is 0 Å². The van der Waals surface area contributed by atoms with E-state index in [1.54, 1.807) is 7.05 Å². The number of amides is 3. The molecule has 6 nitrogen and oxygen atoms in total. The van der Waals surface area contributed by atoms with E-state index in [1.165, 1.54) is 4.90 Å². The van der Waals surface area contributed by atoms with E-state index < -0.39 is 12.0 Å². The molecule has 2 N–H and O–H groups in total. The minimum Gasteiger partial charge on any atom is -0.481 e. The molecule has 0 radical (unpaired) electrons. The van der Waals surface area contributed by atoms with Crippen LogP contribution in [0, 0.1) is 0 Å². The summed E-state index contributed by atoms with van der Waals surface area (Å²) in [7, 11) is 1.61. The quantitative estimate of drug-likeness (QED) is 0.752. The maximum Gasteiger partial charge on any atom is 0.324 e. The highest BCUT2D eigenvalue weighted by Crippen LogP contribution is 2.03. The van der Waals surface area contributed by atoms with Crippen LogP contribution in [0.2, 0.25) is 0 Å². The second-order valence-corrected chi connectivity index (χ2v) is 4.80. The van der Waals surface area contributed by atoms with Crippen molar-refractivity contribution in [2.24, 2.45) is 0 Å². The molecule has 3 amide bonds. The van der Waals surface area contributed by atoms with Gasteiger partial charge in [0.15, 0.2) is 0 Å². The molecule has 0 aliphatic carbocycles. The molecule has 0 saturated carbocycles. The third-order valence-corrected chi connectivity index (χ3v) is 2.90. The Morgan fingerprint density at radius 2 is 1.71 bits per heavy atom. The van der Waals surface area contributed by atoms with E-state index >= 15 is 0 Å². The fourth-order valence-corrected chi connectivity index (χ4v) is 1.77. The summed E-state index contributed by atoms with van der Waals surface area (Å²) in [5.41, 5.74) is 0.976. The van der Waals surface area contributed by atoms with E-state index in [0.717, 1.165) is 5.56 Å². The van der Waals surface area contributed by atoms with Crippen LogP contribution in [0.4, 0.5) is 4.79 Å². The molecular weight excluding hydrogens is 272 g/mol. The lowest BCUT2D eigenvalue weighted by Gasteiger charge is -2.17. The predicted molar refractivity (Wildman–Crippen MR) is 77.6 cm³/mol. The van der Waals surface area contributed by atoms with Crippen LogP contribution in [0.1, 0.15) is 31.2 Å². The number of imide groups is 1. The fraction of sp³-hybridized carbons (Fsp3) is 0.400. The van der Waals surface area contributed by atoms with Crippen molar-refractivity contribution in [3.63, 3.8) is 0 Å². The topological polar surface area (TPSA) is 86.7 Å². The first kappa shape index (κ1) is 16.7. The number of rotatable bonds is 7.